The van der Waals surface area contributed by atoms with Gasteiger partial charge in [0.05, 0.1) is 35.4 Å². The predicted octanol–water partition coefficient (Wildman–Crippen LogP) is 5.56. The van der Waals surface area contributed by atoms with Crippen molar-refractivity contribution in [1.82, 2.24) is 15.1 Å². The molecule has 0 spiro atoms. The Labute approximate surface area is 220 Å². The third-order valence-electron chi connectivity index (χ3n) is 8.19. The molecular weight excluding hydrogens is 479 g/mol. The van der Waals surface area contributed by atoms with Crippen LogP contribution < -0.4 is 10.2 Å². The topological polar surface area (TPSA) is 67.2 Å². The number of carbonyl (C=O) groups excluding carboxylic acids is 2. The van der Waals surface area contributed by atoms with Gasteiger partial charge in [-0.3, -0.25) is 9.59 Å². The highest BCUT2D eigenvalue weighted by atomic mass is 19.1. The Balaban J connectivity index is 1.30. The highest BCUT2D eigenvalue weighted by Crippen LogP contribution is 2.47. The molecule has 7 heteroatoms. The van der Waals surface area contributed by atoms with E-state index >= 15 is 0 Å². The molecule has 7 rings (SSSR count). The molecule has 0 bridgehead atoms. The van der Waals surface area contributed by atoms with Crippen LogP contribution in [-0.2, 0) is 9.59 Å². The maximum Gasteiger partial charge on any atom is 0.232 e. The molecule has 3 aliphatic rings. The molecule has 192 valence electrons. The minimum atomic E-state index is -0.295. The summed E-state index contributed by atoms with van der Waals surface area (Å²) in [5, 5.41) is 8.74. The number of amides is 2. The van der Waals surface area contributed by atoms with Crippen molar-refractivity contribution in [3.05, 3.63) is 90.4 Å². The Kier molecular flexibility index (Phi) is 5.53. The highest BCUT2D eigenvalue weighted by Gasteiger charge is 2.52. The zero-order valence-corrected chi connectivity index (χ0v) is 21.0. The maximum atomic E-state index is 14.1. The molecule has 6 nitrogen and oxygen atoms in total. The van der Waals surface area contributed by atoms with Gasteiger partial charge in [0.2, 0.25) is 11.8 Å². The Bertz CT molecular complexity index is 1510. The van der Waals surface area contributed by atoms with Crippen molar-refractivity contribution in [2.24, 2.45) is 17.8 Å². The minimum absolute atomic E-state index is 0.0668. The smallest absolute Gasteiger partial charge is 0.232 e. The normalized spacial score (nSPS) is 23.2. The van der Waals surface area contributed by atoms with Gasteiger partial charge in [-0.1, -0.05) is 43.2 Å². The van der Waals surface area contributed by atoms with Crippen molar-refractivity contribution in [3.63, 3.8) is 0 Å². The van der Waals surface area contributed by atoms with Crippen LogP contribution in [0.25, 0.3) is 16.6 Å². The Morgan fingerprint density at radius 2 is 1.68 bits per heavy atom. The van der Waals surface area contributed by atoms with Crippen molar-refractivity contribution in [2.75, 3.05) is 4.90 Å². The number of benzene rings is 3. The third kappa shape index (κ3) is 4.16. The molecule has 3 atom stereocenters. The first-order chi connectivity index (χ1) is 18.6. The van der Waals surface area contributed by atoms with Crippen molar-refractivity contribution in [1.29, 1.82) is 0 Å². The molecule has 1 aliphatic heterocycles. The Hall–Kier alpha value is -4.00. The summed E-state index contributed by atoms with van der Waals surface area (Å²) in [6, 6.07) is 21.6. The molecule has 38 heavy (non-hydrogen) atoms. The molecule has 2 unspecified atom stereocenters. The highest BCUT2D eigenvalue weighted by molar-refractivity contribution is 6.01. The molecular formula is C31H29FN4O2. The summed E-state index contributed by atoms with van der Waals surface area (Å²) in [7, 11) is 0. The molecule has 1 aromatic heterocycles. The fraction of sp³-hybridized carbons (Fsp3) is 0.323. The third-order valence-corrected chi connectivity index (χ3v) is 8.19. The van der Waals surface area contributed by atoms with Crippen molar-refractivity contribution in [3.8, 4) is 5.69 Å². The lowest BCUT2D eigenvalue weighted by Crippen LogP contribution is -2.43. The predicted molar refractivity (Wildman–Crippen MR) is 143 cm³/mol. The fourth-order valence-electron chi connectivity index (χ4n) is 5.87. The number of halogens is 1. The van der Waals surface area contributed by atoms with Gasteiger partial charge in [-0.15, -0.1) is 0 Å². The van der Waals surface area contributed by atoms with Crippen LogP contribution in [0.4, 0.5) is 10.1 Å². The molecule has 4 aromatic rings. The average molecular weight is 509 g/mol. The second-order valence-corrected chi connectivity index (χ2v) is 10.9. The zero-order chi connectivity index (χ0) is 25.8. The average Bonchev–Trinajstić information content (AvgIpc) is 3.87. The first kappa shape index (κ1) is 23.1. The maximum absolute atomic E-state index is 14.1. The van der Waals surface area contributed by atoms with Crippen LogP contribution in [0.3, 0.4) is 0 Å². The molecule has 2 aliphatic carbocycles. The zero-order valence-electron chi connectivity index (χ0n) is 21.0. The van der Waals surface area contributed by atoms with E-state index in [0.29, 0.717) is 5.92 Å². The minimum Gasteiger partial charge on any atom is -0.350 e. The van der Waals surface area contributed by atoms with E-state index in [1.54, 1.807) is 23.0 Å². The van der Waals surface area contributed by atoms with E-state index in [1.165, 1.54) is 12.1 Å². The first-order valence-electron chi connectivity index (χ1n) is 13.5. The van der Waals surface area contributed by atoms with Gasteiger partial charge in [0, 0.05) is 17.0 Å². The first-order valence-corrected chi connectivity index (χ1v) is 13.5. The lowest BCUT2D eigenvalue weighted by Gasteiger charge is -2.30. The van der Waals surface area contributed by atoms with Gasteiger partial charge in [-0.25, -0.2) is 9.07 Å². The number of carbonyl (C=O) groups is 2. The molecule has 1 N–H and O–H groups in total. The van der Waals surface area contributed by atoms with Crippen LogP contribution in [0, 0.1) is 23.6 Å². The molecule has 3 aromatic carbocycles. The van der Waals surface area contributed by atoms with Crippen molar-refractivity contribution < 1.29 is 14.0 Å². The monoisotopic (exact) mass is 508 g/mol. The summed E-state index contributed by atoms with van der Waals surface area (Å²) in [6.45, 7) is 0. The summed E-state index contributed by atoms with van der Waals surface area (Å²) in [5.74, 6) is 0.214. The number of aromatic nitrogens is 2. The quantitative estimate of drug-likeness (QED) is 0.355. The standard InChI is InChI=1S/C31H29FN4O2/c32-23-10-12-24(13-11-23)36-27-15-14-25(17-22(27)18-33-36)35-29(20-4-2-1-3-5-20)28(34-30(37)21-8-9-21)26(31(35)38)16-19-6-7-19/h1-5,10-15,17-19,21,26,28-29H,6-9,16H2,(H,34,37)/t26?,28-,29?/m1/s1. The van der Waals surface area contributed by atoms with Gasteiger partial charge in [0.15, 0.2) is 0 Å². The molecule has 0 radical (unpaired) electrons. The fourth-order valence-corrected chi connectivity index (χ4v) is 5.87. The second-order valence-electron chi connectivity index (χ2n) is 10.9. The van der Waals surface area contributed by atoms with E-state index in [4.69, 9.17) is 0 Å². The van der Waals surface area contributed by atoms with E-state index in [-0.39, 0.29) is 41.6 Å². The number of rotatable bonds is 7. The Morgan fingerprint density at radius 1 is 0.947 bits per heavy atom. The number of nitrogens with zero attached hydrogens (tertiary/aromatic N) is 3. The van der Waals surface area contributed by atoms with Crippen LogP contribution in [-0.4, -0.2) is 27.6 Å². The van der Waals surface area contributed by atoms with Crippen LogP contribution in [0.15, 0.2) is 79.0 Å². The van der Waals surface area contributed by atoms with E-state index in [2.05, 4.69) is 10.4 Å². The lowest BCUT2D eigenvalue weighted by molar-refractivity contribution is -0.124. The SMILES string of the molecule is O=C(N[C@@H]1C(CC2CC2)C(=O)N(c2ccc3c(cnn3-c3ccc(F)cc3)c2)C1c1ccccc1)C1CC1. The van der Waals surface area contributed by atoms with Gasteiger partial charge >= 0.3 is 0 Å². The van der Waals surface area contributed by atoms with Gasteiger partial charge in [-0.2, -0.15) is 5.10 Å². The summed E-state index contributed by atoms with van der Waals surface area (Å²) in [6.07, 6.45) is 6.73. The number of nitrogens with one attached hydrogen (secondary N) is 1. The molecule has 1 saturated heterocycles. The molecule has 2 heterocycles. The lowest BCUT2D eigenvalue weighted by atomic mass is 9.89. The van der Waals surface area contributed by atoms with Crippen LogP contribution in [0.5, 0.6) is 0 Å². The number of hydrogen-bond donors (Lipinski definition) is 1. The van der Waals surface area contributed by atoms with E-state index in [1.807, 2.05) is 53.4 Å². The summed E-state index contributed by atoms with van der Waals surface area (Å²) in [4.78, 5) is 29.0. The largest absolute Gasteiger partial charge is 0.350 e. The van der Waals surface area contributed by atoms with E-state index in [0.717, 1.165) is 59.9 Å². The number of anilines is 1. The van der Waals surface area contributed by atoms with Gasteiger partial charge in [0.1, 0.15) is 5.82 Å². The number of fused-ring (bicyclic) bond motifs is 1. The van der Waals surface area contributed by atoms with Crippen LogP contribution >= 0.6 is 0 Å². The Morgan fingerprint density at radius 3 is 2.39 bits per heavy atom. The summed E-state index contributed by atoms with van der Waals surface area (Å²) < 4.78 is 15.2. The molecule has 2 saturated carbocycles. The van der Waals surface area contributed by atoms with Crippen LogP contribution in [0.2, 0.25) is 0 Å². The summed E-state index contributed by atoms with van der Waals surface area (Å²) in [5.41, 5.74) is 3.44. The van der Waals surface area contributed by atoms with Crippen molar-refractivity contribution in [2.45, 2.75) is 44.2 Å². The van der Waals surface area contributed by atoms with Gasteiger partial charge in [-0.05, 0) is 73.2 Å². The van der Waals surface area contributed by atoms with E-state index < -0.39 is 0 Å². The summed E-state index contributed by atoms with van der Waals surface area (Å²) >= 11 is 0. The van der Waals surface area contributed by atoms with Gasteiger partial charge in [0.25, 0.3) is 0 Å². The second kappa shape index (κ2) is 9.08. The number of hydrogen-bond acceptors (Lipinski definition) is 3. The van der Waals surface area contributed by atoms with Gasteiger partial charge < -0.3 is 10.2 Å². The molecule has 3 fully saturated rings. The van der Waals surface area contributed by atoms with Crippen molar-refractivity contribution >= 4 is 28.4 Å². The molecule has 2 amide bonds. The van der Waals surface area contributed by atoms with Crippen LogP contribution in [0.1, 0.15) is 43.7 Å². The van der Waals surface area contributed by atoms with E-state index in [9.17, 15) is 14.0 Å².